The maximum absolute atomic E-state index is 10.9. The lowest BCUT2D eigenvalue weighted by atomic mass is 10.1. The quantitative estimate of drug-likeness (QED) is 0.894. The summed E-state index contributed by atoms with van der Waals surface area (Å²) < 4.78 is 0. The van der Waals surface area contributed by atoms with Crippen LogP contribution in [0.1, 0.15) is 15.9 Å². The fourth-order valence-corrected chi connectivity index (χ4v) is 1.82. The molecule has 0 spiro atoms. The zero-order valence-corrected chi connectivity index (χ0v) is 10.2. The molecule has 0 bridgehead atoms. The van der Waals surface area contributed by atoms with Gasteiger partial charge in [0.1, 0.15) is 0 Å². The summed E-state index contributed by atoms with van der Waals surface area (Å²) in [6.07, 6.45) is 0. The largest absolute Gasteiger partial charge is 0.478 e. The van der Waals surface area contributed by atoms with Crippen molar-refractivity contribution in [1.29, 1.82) is 0 Å². The van der Waals surface area contributed by atoms with Gasteiger partial charge in [0.05, 0.1) is 5.56 Å². The maximum atomic E-state index is 10.9. The zero-order chi connectivity index (χ0) is 13.0. The first-order valence-corrected chi connectivity index (χ1v) is 5.75. The highest BCUT2D eigenvalue weighted by Gasteiger charge is 2.06. The van der Waals surface area contributed by atoms with Gasteiger partial charge in [0.25, 0.3) is 0 Å². The van der Waals surface area contributed by atoms with Gasteiger partial charge >= 0.3 is 5.97 Å². The van der Waals surface area contributed by atoms with E-state index in [4.69, 9.17) is 5.11 Å². The maximum Gasteiger partial charge on any atom is 0.335 e. The molecule has 2 rings (SSSR count). The molecular formula is C15H15NO2. The van der Waals surface area contributed by atoms with E-state index >= 15 is 0 Å². The van der Waals surface area contributed by atoms with Crippen LogP contribution in [0.25, 0.3) is 0 Å². The third-order valence-electron chi connectivity index (χ3n) is 2.80. The highest BCUT2D eigenvalue weighted by molar-refractivity contribution is 5.88. The number of hydrogen-bond donors (Lipinski definition) is 1. The standard InChI is InChI=1S/C15H15NO2/c1-16(11-12-6-3-2-4-7-12)14-9-5-8-13(10-14)15(17)18/h2-10H,11H2,1H3,(H,17,18). The predicted molar refractivity (Wildman–Crippen MR) is 72.0 cm³/mol. The Morgan fingerprint density at radius 1 is 1.11 bits per heavy atom. The highest BCUT2D eigenvalue weighted by Crippen LogP contribution is 2.17. The number of carboxylic acids is 1. The second-order valence-electron chi connectivity index (χ2n) is 4.20. The van der Waals surface area contributed by atoms with E-state index < -0.39 is 5.97 Å². The zero-order valence-electron chi connectivity index (χ0n) is 10.2. The third kappa shape index (κ3) is 2.88. The lowest BCUT2D eigenvalue weighted by Gasteiger charge is -2.19. The normalized spacial score (nSPS) is 10.1. The highest BCUT2D eigenvalue weighted by atomic mass is 16.4. The van der Waals surface area contributed by atoms with Crippen molar-refractivity contribution >= 4 is 11.7 Å². The fourth-order valence-electron chi connectivity index (χ4n) is 1.82. The molecule has 3 nitrogen and oxygen atoms in total. The number of anilines is 1. The number of hydrogen-bond acceptors (Lipinski definition) is 2. The summed E-state index contributed by atoms with van der Waals surface area (Å²) in [7, 11) is 1.95. The molecule has 1 N–H and O–H groups in total. The van der Waals surface area contributed by atoms with Crippen LogP contribution in [0.5, 0.6) is 0 Å². The lowest BCUT2D eigenvalue weighted by Crippen LogP contribution is -2.16. The summed E-state index contributed by atoms with van der Waals surface area (Å²) in [5, 5.41) is 8.96. The molecule has 0 radical (unpaired) electrons. The molecule has 0 saturated carbocycles. The van der Waals surface area contributed by atoms with Gasteiger partial charge in [0.2, 0.25) is 0 Å². The number of benzene rings is 2. The smallest absolute Gasteiger partial charge is 0.335 e. The van der Waals surface area contributed by atoms with Crippen molar-refractivity contribution in [3.63, 3.8) is 0 Å². The topological polar surface area (TPSA) is 40.5 Å². The minimum atomic E-state index is -0.898. The third-order valence-corrected chi connectivity index (χ3v) is 2.80. The van der Waals surface area contributed by atoms with E-state index in [1.807, 2.05) is 36.2 Å². The number of nitrogens with zero attached hydrogens (tertiary/aromatic N) is 1. The van der Waals surface area contributed by atoms with Crippen LogP contribution < -0.4 is 4.90 Å². The van der Waals surface area contributed by atoms with Crippen LogP contribution in [0.15, 0.2) is 54.6 Å². The van der Waals surface area contributed by atoms with Crippen molar-refractivity contribution in [2.45, 2.75) is 6.54 Å². The van der Waals surface area contributed by atoms with Crippen molar-refractivity contribution in [3.8, 4) is 0 Å². The molecule has 0 aliphatic rings. The van der Waals surface area contributed by atoms with E-state index in [0.29, 0.717) is 5.56 Å². The van der Waals surface area contributed by atoms with Crippen LogP contribution >= 0.6 is 0 Å². The summed E-state index contributed by atoms with van der Waals surface area (Å²) in [5.74, 6) is -0.898. The van der Waals surface area contributed by atoms with Crippen molar-refractivity contribution in [2.75, 3.05) is 11.9 Å². The van der Waals surface area contributed by atoms with Crippen LogP contribution in [0, 0.1) is 0 Å². The molecule has 2 aromatic carbocycles. The first kappa shape index (κ1) is 12.2. The Labute approximate surface area is 106 Å². The van der Waals surface area contributed by atoms with E-state index in [0.717, 1.165) is 12.2 Å². The van der Waals surface area contributed by atoms with Gasteiger partial charge in [-0.15, -0.1) is 0 Å². The van der Waals surface area contributed by atoms with Gasteiger partial charge in [0.15, 0.2) is 0 Å². The Kier molecular flexibility index (Phi) is 3.63. The molecule has 3 heteroatoms. The van der Waals surface area contributed by atoms with Crippen LogP contribution in [0.2, 0.25) is 0 Å². The van der Waals surface area contributed by atoms with Crippen LogP contribution in [0.4, 0.5) is 5.69 Å². The Morgan fingerprint density at radius 2 is 1.83 bits per heavy atom. The summed E-state index contributed by atoms with van der Waals surface area (Å²) in [5.41, 5.74) is 2.41. The monoisotopic (exact) mass is 241 g/mol. The first-order valence-electron chi connectivity index (χ1n) is 5.75. The van der Waals surface area contributed by atoms with Gasteiger partial charge in [-0.3, -0.25) is 0 Å². The minimum Gasteiger partial charge on any atom is -0.478 e. The summed E-state index contributed by atoms with van der Waals surface area (Å²) >= 11 is 0. The predicted octanol–water partition coefficient (Wildman–Crippen LogP) is 3.02. The van der Waals surface area contributed by atoms with Crippen molar-refractivity contribution < 1.29 is 9.90 Å². The Hall–Kier alpha value is -2.29. The van der Waals surface area contributed by atoms with E-state index in [2.05, 4.69) is 12.1 Å². The molecule has 0 atom stereocenters. The Balaban J connectivity index is 2.16. The number of rotatable bonds is 4. The summed E-state index contributed by atoms with van der Waals surface area (Å²) in [6, 6.07) is 17.0. The summed E-state index contributed by atoms with van der Waals surface area (Å²) in [4.78, 5) is 12.9. The van der Waals surface area contributed by atoms with E-state index in [1.54, 1.807) is 18.2 Å². The van der Waals surface area contributed by atoms with Crippen molar-refractivity contribution in [1.82, 2.24) is 0 Å². The van der Waals surface area contributed by atoms with Gasteiger partial charge in [0, 0.05) is 19.3 Å². The Morgan fingerprint density at radius 3 is 2.50 bits per heavy atom. The van der Waals surface area contributed by atoms with Gasteiger partial charge in [-0.05, 0) is 23.8 Å². The molecule has 92 valence electrons. The molecular weight excluding hydrogens is 226 g/mol. The summed E-state index contributed by atoms with van der Waals surface area (Å²) in [6.45, 7) is 0.754. The van der Waals surface area contributed by atoms with E-state index in [1.165, 1.54) is 5.56 Å². The van der Waals surface area contributed by atoms with E-state index in [9.17, 15) is 4.79 Å². The number of aromatic carboxylic acids is 1. The van der Waals surface area contributed by atoms with Crippen LogP contribution in [-0.4, -0.2) is 18.1 Å². The molecule has 0 aromatic heterocycles. The molecule has 0 unspecified atom stereocenters. The molecule has 0 fully saturated rings. The molecule has 0 aliphatic carbocycles. The first-order chi connectivity index (χ1) is 8.66. The fraction of sp³-hybridized carbons (Fsp3) is 0.133. The number of carbonyl (C=O) groups is 1. The molecule has 18 heavy (non-hydrogen) atoms. The Bertz CT molecular complexity index is 537. The van der Waals surface area contributed by atoms with Crippen molar-refractivity contribution in [3.05, 3.63) is 65.7 Å². The van der Waals surface area contributed by atoms with Gasteiger partial charge < -0.3 is 10.0 Å². The molecule has 0 heterocycles. The van der Waals surface area contributed by atoms with Crippen molar-refractivity contribution in [2.24, 2.45) is 0 Å². The molecule has 0 aliphatic heterocycles. The lowest BCUT2D eigenvalue weighted by molar-refractivity contribution is 0.0697. The van der Waals surface area contributed by atoms with Gasteiger partial charge in [-0.1, -0.05) is 36.4 Å². The second-order valence-corrected chi connectivity index (χ2v) is 4.20. The minimum absolute atomic E-state index is 0.312. The average molecular weight is 241 g/mol. The van der Waals surface area contributed by atoms with Gasteiger partial charge in [-0.2, -0.15) is 0 Å². The molecule has 2 aromatic rings. The van der Waals surface area contributed by atoms with Gasteiger partial charge in [-0.25, -0.2) is 4.79 Å². The number of carboxylic acid groups (broad SMARTS) is 1. The van der Waals surface area contributed by atoms with E-state index in [-0.39, 0.29) is 0 Å². The van der Waals surface area contributed by atoms with Crippen LogP contribution in [-0.2, 0) is 6.54 Å². The second kappa shape index (κ2) is 5.36. The van der Waals surface area contributed by atoms with Crippen LogP contribution in [0.3, 0.4) is 0 Å². The molecule has 0 amide bonds. The molecule has 0 saturated heterocycles. The SMILES string of the molecule is CN(Cc1ccccc1)c1cccc(C(=O)O)c1. The average Bonchev–Trinajstić information content (AvgIpc) is 2.40.